The van der Waals surface area contributed by atoms with Gasteiger partial charge in [-0.15, -0.1) is 0 Å². The summed E-state index contributed by atoms with van der Waals surface area (Å²) >= 11 is 1.67. The van der Waals surface area contributed by atoms with E-state index in [2.05, 4.69) is 34.5 Å². The van der Waals surface area contributed by atoms with E-state index in [0.29, 0.717) is 25.1 Å². The SMILES string of the molecule is CSCC[C@@H](NC(=O)c1cc2ccccc2o1)C(=O)N1CCN(Cc2ccccc2)CC1. The van der Waals surface area contributed by atoms with Gasteiger partial charge in [0.15, 0.2) is 5.76 Å². The average Bonchev–Trinajstić information content (AvgIpc) is 3.27. The fourth-order valence-electron chi connectivity index (χ4n) is 4.00. The van der Waals surface area contributed by atoms with E-state index in [1.54, 1.807) is 17.8 Å². The minimum atomic E-state index is -0.552. The molecule has 2 aromatic carbocycles. The predicted molar refractivity (Wildman–Crippen MR) is 129 cm³/mol. The Labute approximate surface area is 192 Å². The lowest BCUT2D eigenvalue weighted by Gasteiger charge is -2.36. The molecule has 7 heteroatoms. The Morgan fingerprint density at radius 1 is 1.03 bits per heavy atom. The average molecular weight is 452 g/mol. The Kier molecular flexibility index (Phi) is 7.50. The summed E-state index contributed by atoms with van der Waals surface area (Å²) in [5.74, 6) is 0.678. The number of hydrogen-bond acceptors (Lipinski definition) is 5. The van der Waals surface area contributed by atoms with Crippen LogP contribution < -0.4 is 5.32 Å². The van der Waals surface area contributed by atoms with Gasteiger partial charge in [-0.05, 0) is 36.1 Å². The third kappa shape index (κ3) is 5.53. The molecule has 2 heterocycles. The number of nitrogens with zero attached hydrogens (tertiary/aromatic N) is 2. The van der Waals surface area contributed by atoms with Gasteiger partial charge in [-0.2, -0.15) is 11.8 Å². The van der Waals surface area contributed by atoms with E-state index in [9.17, 15) is 9.59 Å². The minimum absolute atomic E-state index is 0.0112. The van der Waals surface area contributed by atoms with E-state index in [1.165, 1.54) is 5.56 Å². The van der Waals surface area contributed by atoms with E-state index in [0.717, 1.165) is 30.8 Å². The van der Waals surface area contributed by atoms with Crippen LogP contribution in [0.2, 0.25) is 0 Å². The summed E-state index contributed by atoms with van der Waals surface area (Å²) in [4.78, 5) is 30.3. The molecule has 1 saturated heterocycles. The van der Waals surface area contributed by atoms with Crippen LogP contribution in [0.1, 0.15) is 22.5 Å². The van der Waals surface area contributed by atoms with E-state index < -0.39 is 6.04 Å². The number of thioether (sulfide) groups is 1. The van der Waals surface area contributed by atoms with Crippen LogP contribution in [0.5, 0.6) is 0 Å². The maximum atomic E-state index is 13.3. The van der Waals surface area contributed by atoms with Gasteiger partial charge >= 0.3 is 0 Å². The van der Waals surface area contributed by atoms with Gasteiger partial charge < -0.3 is 14.6 Å². The molecule has 3 aromatic rings. The van der Waals surface area contributed by atoms with Crippen LogP contribution in [-0.2, 0) is 11.3 Å². The second-order valence-corrected chi connectivity index (χ2v) is 9.03. The first-order chi connectivity index (χ1) is 15.6. The molecule has 0 spiro atoms. The van der Waals surface area contributed by atoms with Crippen LogP contribution >= 0.6 is 11.8 Å². The number of benzene rings is 2. The zero-order valence-electron chi connectivity index (χ0n) is 18.3. The smallest absolute Gasteiger partial charge is 0.287 e. The van der Waals surface area contributed by atoms with E-state index >= 15 is 0 Å². The molecule has 1 aromatic heterocycles. The number of rotatable bonds is 8. The van der Waals surface area contributed by atoms with Gasteiger partial charge in [-0.1, -0.05) is 48.5 Å². The Balaban J connectivity index is 1.36. The summed E-state index contributed by atoms with van der Waals surface area (Å²) < 4.78 is 5.68. The molecule has 32 heavy (non-hydrogen) atoms. The molecular weight excluding hydrogens is 422 g/mol. The lowest BCUT2D eigenvalue weighted by Crippen LogP contribution is -2.54. The van der Waals surface area contributed by atoms with E-state index in [4.69, 9.17) is 4.42 Å². The van der Waals surface area contributed by atoms with Crippen molar-refractivity contribution >= 4 is 34.5 Å². The first-order valence-corrected chi connectivity index (χ1v) is 12.4. The first-order valence-electron chi connectivity index (χ1n) is 11.0. The second kappa shape index (κ2) is 10.7. The molecule has 1 N–H and O–H groups in total. The molecule has 0 saturated carbocycles. The van der Waals surface area contributed by atoms with Crippen LogP contribution in [0.3, 0.4) is 0 Å². The van der Waals surface area contributed by atoms with E-state index in [-0.39, 0.29) is 17.6 Å². The maximum Gasteiger partial charge on any atom is 0.287 e. The molecule has 1 atom stereocenters. The van der Waals surface area contributed by atoms with Gasteiger partial charge in [0.05, 0.1) is 0 Å². The normalized spacial score (nSPS) is 15.6. The van der Waals surface area contributed by atoms with Crippen molar-refractivity contribution in [2.24, 2.45) is 0 Å². The fourth-order valence-corrected chi connectivity index (χ4v) is 4.48. The van der Waals surface area contributed by atoms with Gasteiger partial charge in [0.1, 0.15) is 11.6 Å². The van der Waals surface area contributed by atoms with Crippen LogP contribution in [0, 0.1) is 0 Å². The van der Waals surface area contributed by atoms with Gasteiger partial charge in [0.2, 0.25) is 5.91 Å². The van der Waals surface area contributed by atoms with Crippen molar-refractivity contribution in [3.8, 4) is 0 Å². The molecule has 4 rings (SSSR count). The molecule has 6 nitrogen and oxygen atoms in total. The maximum absolute atomic E-state index is 13.3. The van der Waals surface area contributed by atoms with Crippen LogP contribution in [0.25, 0.3) is 11.0 Å². The minimum Gasteiger partial charge on any atom is -0.451 e. The van der Waals surface area contributed by atoms with Gasteiger partial charge in [0.25, 0.3) is 5.91 Å². The summed E-state index contributed by atoms with van der Waals surface area (Å²) in [6.45, 7) is 3.88. The molecular formula is C25H29N3O3S. The van der Waals surface area contributed by atoms with Crippen molar-refractivity contribution in [1.82, 2.24) is 15.1 Å². The van der Waals surface area contributed by atoms with Crippen molar-refractivity contribution in [3.05, 3.63) is 72.0 Å². The fraction of sp³-hybridized carbons (Fsp3) is 0.360. The van der Waals surface area contributed by atoms with Gasteiger partial charge in [0, 0.05) is 38.1 Å². The summed E-state index contributed by atoms with van der Waals surface area (Å²) in [6, 6.07) is 19.1. The van der Waals surface area contributed by atoms with Gasteiger partial charge in [-0.25, -0.2) is 0 Å². The molecule has 2 amide bonds. The highest BCUT2D eigenvalue weighted by molar-refractivity contribution is 7.98. The highest BCUT2D eigenvalue weighted by atomic mass is 32.2. The highest BCUT2D eigenvalue weighted by Gasteiger charge is 2.29. The molecule has 0 aliphatic carbocycles. The second-order valence-electron chi connectivity index (χ2n) is 8.04. The Bertz CT molecular complexity index is 1010. The lowest BCUT2D eigenvalue weighted by molar-refractivity contribution is -0.135. The van der Waals surface area contributed by atoms with Crippen molar-refractivity contribution < 1.29 is 14.0 Å². The monoisotopic (exact) mass is 451 g/mol. The first kappa shape index (κ1) is 22.4. The third-order valence-corrected chi connectivity index (χ3v) is 6.44. The van der Waals surface area contributed by atoms with Gasteiger partial charge in [-0.3, -0.25) is 14.5 Å². The third-order valence-electron chi connectivity index (χ3n) is 5.80. The topological polar surface area (TPSA) is 65.8 Å². The number of furan rings is 1. The molecule has 0 radical (unpaired) electrons. The summed E-state index contributed by atoms with van der Waals surface area (Å²) in [7, 11) is 0. The van der Waals surface area contributed by atoms with Crippen LogP contribution in [0.15, 0.2) is 65.1 Å². The van der Waals surface area contributed by atoms with Crippen molar-refractivity contribution in [2.75, 3.05) is 38.2 Å². The lowest BCUT2D eigenvalue weighted by atomic mass is 10.1. The van der Waals surface area contributed by atoms with Crippen molar-refractivity contribution in [1.29, 1.82) is 0 Å². The molecule has 1 aliphatic heterocycles. The number of carbonyl (C=O) groups is 2. The zero-order valence-corrected chi connectivity index (χ0v) is 19.1. The predicted octanol–water partition coefficient (Wildman–Crippen LogP) is 3.63. The Morgan fingerprint density at radius 2 is 1.75 bits per heavy atom. The molecule has 0 bridgehead atoms. The number of fused-ring (bicyclic) bond motifs is 1. The summed E-state index contributed by atoms with van der Waals surface area (Å²) in [5.41, 5.74) is 1.95. The van der Waals surface area contributed by atoms with E-state index in [1.807, 2.05) is 41.5 Å². The molecule has 168 valence electrons. The largest absolute Gasteiger partial charge is 0.451 e. The molecule has 1 aliphatic rings. The number of nitrogens with one attached hydrogen (secondary N) is 1. The van der Waals surface area contributed by atoms with Crippen molar-refractivity contribution in [2.45, 2.75) is 19.0 Å². The zero-order chi connectivity index (χ0) is 22.3. The number of hydrogen-bond donors (Lipinski definition) is 1. The standard InChI is InChI=1S/C25H29N3O3S/c1-32-16-11-21(26-24(29)23-17-20-9-5-6-10-22(20)31-23)25(30)28-14-12-27(13-15-28)18-19-7-3-2-4-8-19/h2-10,17,21H,11-16,18H2,1H3,(H,26,29)/t21-/m1/s1. The summed E-state index contributed by atoms with van der Waals surface area (Å²) in [6.07, 6.45) is 2.60. The highest BCUT2D eigenvalue weighted by Crippen LogP contribution is 2.19. The number of amides is 2. The van der Waals surface area contributed by atoms with Crippen molar-refractivity contribution in [3.63, 3.8) is 0 Å². The molecule has 1 fully saturated rings. The number of para-hydroxylation sites is 1. The van der Waals surface area contributed by atoms with Crippen LogP contribution in [0.4, 0.5) is 0 Å². The number of carbonyl (C=O) groups excluding carboxylic acids is 2. The number of piperazine rings is 1. The van der Waals surface area contributed by atoms with Crippen LogP contribution in [-0.4, -0.2) is 65.8 Å². The summed E-state index contributed by atoms with van der Waals surface area (Å²) in [5, 5.41) is 3.80. The Hall–Kier alpha value is -2.77. The quantitative estimate of drug-likeness (QED) is 0.567. The molecule has 0 unspecified atom stereocenters. The Morgan fingerprint density at radius 3 is 2.47 bits per heavy atom.